The van der Waals surface area contributed by atoms with E-state index in [4.69, 9.17) is 0 Å². The molecule has 4 unspecified atom stereocenters. The SMILES string of the molecule is C=C/C=C(\C=C)C(F)CNC(=O)NCC(F)C1=CC2CC2C=C1.CC.CC.[HH].[HH]. The number of allylic oxidation sites excluding steroid dienone is 6. The third-order valence-electron chi connectivity index (χ3n) is 3.99. The molecule has 0 spiro atoms. The first-order valence-electron chi connectivity index (χ1n) is 9.70. The van der Waals surface area contributed by atoms with Gasteiger partial charge >= 0.3 is 6.03 Å². The second-order valence-electron chi connectivity index (χ2n) is 5.72. The zero-order valence-electron chi connectivity index (χ0n) is 17.0. The molecule has 0 radical (unpaired) electrons. The number of hydrogen-bond donors (Lipinski definition) is 2. The van der Waals surface area contributed by atoms with Crippen molar-refractivity contribution in [3.63, 3.8) is 0 Å². The van der Waals surface area contributed by atoms with Crippen molar-refractivity contribution in [3.8, 4) is 0 Å². The third kappa shape index (κ3) is 8.85. The average molecular weight is 385 g/mol. The van der Waals surface area contributed by atoms with Crippen LogP contribution in [0.1, 0.15) is 37.0 Å². The topological polar surface area (TPSA) is 41.1 Å². The summed E-state index contributed by atoms with van der Waals surface area (Å²) in [5.74, 6) is 1.04. The minimum atomic E-state index is -1.38. The lowest BCUT2D eigenvalue weighted by molar-refractivity contribution is 0.233. The molecule has 0 aliphatic heterocycles. The van der Waals surface area contributed by atoms with Crippen molar-refractivity contribution in [1.29, 1.82) is 0 Å². The Bertz CT molecular complexity index is 577. The van der Waals surface area contributed by atoms with E-state index in [2.05, 4.69) is 23.8 Å². The van der Waals surface area contributed by atoms with Crippen LogP contribution in [0.25, 0.3) is 0 Å². The fourth-order valence-corrected chi connectivity index (χ4v) is 2.49. The van der Waals surface area contributed by atoms with Gasteiger partial charge in [-0.05, 0) is 29.4 Å². The zero-order chi connectivity index (χ0) is 20.8. The molecule has 2 amide bonds. The molecule has 2 aliphatic rings. The fraction of sp³-hybridized carbons (Fsp3) is 0.500. The first kappa shape index (κ1) is 24.8. The lowest BCUT2D eigenvalue weighted by atomic mass is 10.0. The van der Waals surface area contributed by atoms with Crippen molar-refractivity contribution in [1.82, 2.24) is 10.6 Å². The standard InChI is InChI=1S/C18H22F2N2O.2C2H6.2H2/c1-3-5-12(4-2)16(19)10-21-18(23)22-11-17(20)14-7-6-13-8-15(13)9-14;2*1-2;;/h3-7,9,13,15-17H,1-2,8,10-11H2,(H2,21,22,23);2*1-2H3;2*1H/b12-5+;;;;. The number of urea groups is 1. The minimum absolute atomic E-state index is 0. The van der Waals surface area contributed by atoms with E-state index in [1.165, 1.54) is 18.2 Å². The summed E-state index contributed by atoms with van der Waals surface area (Å²) in [4.78, 5) is 11.6. The van der Waals surface area contributed by atoms with Crippen molar-refractivity contribution in [3.05, 3.63) is 60.8 Å². The van der Waals surface area contributed by atoms with Gasteiger partial charge in [-0.3, -0.25) is 0 Å². The van der Waals surface area contributed by atoms with Crippen molar-refractivity contribution in [2.45, 2.75) is 46.5 Å². The van der Waals surface area contributed by atoms with Crippen LogP contribution in [0.3, 0.4) is 0 Å². The highest BCUT2D eigenvalue weighted by atomic mass is 19.1. The summed E-state index contributed by atoms with van der Waals surface area (Å²) in [7, 11) is 0. The Hall–Kier alpha value is -2.17. The Labute approximate surface area is 166 Å². The molecule has 0 saturated heterocycles. The van der Waals surface area contributed by atoms with E-state index in [1.807, 2.05) is 39.8 Å². The average Bonchev–Trinajstić information content (AvgIpc) is 3.50. The molecule has 2 rings (SSSR count). The summed E-state index contributed by atoms with van der Waals surface area (Å²) in [5, 5.41) is 4.80. The summed E-state index contributed by atoms with van der Waals surface area (Å²) < 4.78 is 27.9. The van der Waals surface area contributed by atoms with Crippen LogP contribution >= 0.6 is 0 Å². The number of carbonyl (C=O) groups excluding carboxylic acids is 1. The minimum Gasteiger partial charge on any atom is -0.335 e. The summed E-state index contributed by atoms with van der Waals surface area (Å²) in [6.07, 6.45) is 8.50. The molecule has 0 aromatic heterocycles. The number of rotatable bonds is 8. The Morgan fingerprint density at radius 1 is 1.22 bits per heavy atom. The maximum Gasteiger partial charge on any atom is 0.315 e. The van der Waals surface area contributed by atoms with Gasteiger partial charge in [0.15, 0.2) is 0 Å². The Morgan fingerprint density at radius 2 is 1.85 bits per heavy atom. The monoisotopic (exact) mass is 384 g/mol. The van der Waals surface area contributed by atoms with Crippen LogP contribution < -0.4 is 10.6 Å². The molecule has 27 heavy (non-hydrogen) atoms. The van der Waals surface area contributed by atoms with Crippen LogP contribution in [0.15, 0.2) is 60.8 Å². The predicted molar refractivity (Wildman–Crippen MR) is 115 cm³/mol. The molecule has 1 saturated carbocycles. The number of amides is 2. The largest absolute Gasteiger partial charge is 0.335 e. The van der Waals surface area contributed by atoms with Gasteiger partial charge in [0, 0.05) is 2.85 Å². The number of hydrogen-bond acceptors (Lipinski definition) is 1. The van der Waals surface area contributed by atoms with Gasteiger partial charge in [-0.25, -0.2) is 13.6 Å². The van der Waals surface area contributed by atoms with Crippen LogP contribution in [-0.2, 0) is 0 Å². The van der Waals surface area contributed by atoms with Gasteiger partial charge in [0.2, 0.25) is 0 Å². The fourth-order valence-electron chi connectivity index (χ4n) is 2.49. The molecule has 0 heterocycles. The molecule has 2 aliphatic carbocycles. The van der Waals surface area contributed by atoms with Gasteiger partial charge in [-0.15, -0.1) is 0 Å². The van der Waals surface area contributed by atoms with Crippen LogP contribution in [0.5, 0.6) is 0 Å². The molecule has 4 atom stereocenters. The molecule has 0 aromatic rings. The van der Waals surface area contributed by atoms with Crippen molar-refractivity contribution >= 4 is 6.03 Å². The Morgan fingerprint density at radius 3 is 2.41 bits per heavy atom. The second kappa shape index (κ2) is 14.0. The van der Waals surface area contributed by atoms with Crippen LogP contribution in [-0.4, -0.2) is 31.5 Å². The first-order chi connectivity index (χ1) is 13.0. The quantitative estimate of drug-likeness (QED) is 0.500. The maximum atomic E-state index is 14.1. The molecule has 1 fully saturated rings. The van der Waals surface area contributed by atoms with Crippen LogP contribution in [0.2, 0.25) is 0 Å². The molecular weight excluding hydrogens is 346 g/mol. The van der Waals surface area contributed by atoms with Gasteiger partial charge < -0.3 is 10.6 Å². The summed E-state index contributed by atoms with van der Waals surface area (Å²) in [6.45, 7) is 14.6. The van der Waals surface area contributed by atoms with E-state index in [-0.39, 0.29) is 15.9 Å². The highest BCUT2D eigenvalue weighted by Crippen LogP contribution is 2.44. The summed E-state index contributed by atoms with van der Waals surface area (Å²) in [5.41, 5.74) is 0.940. The Balaban J connectivity index is -0.00000106. The van der Waals surface area contributed by atoms with E-state index in [0.717, 1.165) is 6.42 Å². The highest BCUT2D eigenvalue weighted by Gasteiger charge is 2.36. The normalized spacial score (nSPS) is 21.6. The lowest BCUT2D eigenvalue weighted by Gasteiger charge is -2.15. The van der Waals surface area contributed by atoms with Crippen LogP contribution in [0.4, 0.5) is 13.6 Å². The Kier molecular flexibility index (Phi) is 12.8. The van der Waals surface area contributed by atoms with E-state index in [0.29, 0.717) is 23.0 Å². The lowest BCUT2D eigenvalue weighted by Crippen LogP contribution is -2.41. The summed E-state index contributed by atoms with van der Waals surface area (Å²) in [6, 6.07) is -0.595. The number of halogens is 2. The smallest absolute Gasteiger partial charge is 0.315 e. The number of alkyl halides is 2. The highest BCUT2D eigenvalue weighted by molar-refractivity contribution is 5.74. The van der Waals surface area contributed by atoms with E-state index >= 15 is 0 Å². The van der Waals surface area contributed by atoms with Crippen LogP contribution in [0, 0.1) is 11.8 Å². The molecule has 3 nitrogen and oxygen atoms in total. The van der Waals surface area contributed by atoms with Gasteiger partial charge in [0.05, 0.1) is 13.1 Å². The second-order valence-corrected chi connectivity index (χ2v) is 5.72. The first-order valence-corrected chi connectivity index (χ1v) is 9.70. The molecule has 0 bridgehead atoms. The summed E-state index contributed by atoms with van der Waals surface area (Å²) >= 11 is 0. The van der Waals surface area contributed by atoms with Crippen molar-refractivity contribution in [2.75, 3.05) is 13.1 Å². The molecule has 5 heteroatoms. The predicted octanol–water partition coefficient (Wildman–Crippen LogP) is 5.94. The van der Waals surface area contributed by atoms with E-state index in [1.54, 1.807) is 6.08 Å². The number of carbonyl (C=O) groups is 1. The van der Waals surface area contributed by atoms with Crippen molar-refractivity contribution < 1.29 is 16.4 Å². The van der Waals surface area contributed by atoms with E-state index in [9.17, 15) is 13.6 Å². The van der Waals surface area contributed by atoms with Gasteiger partial charge in [0.25, 0.3) is 0 Å². The van der Waals surface area contributed by atoms with Gasteiger partial charge in [-0.2, -0.15) is 0 Å². The third-order valence-corrected chi connectivity index (χ3v) is 3.99. The number of nitrogens with one attached hydrogen (secondary N) is 2. The molecular formula is C22H38F2N2O. The molecule has 156 valence electrons. The number of fused-ring (bicyclic) bond motifs is 1. The van der Waals surface area contributed by atoms with Gasteiger partial charge in [0.1, 0.15) is 12.3 Å². The van der Waals surface area contributed by atoms with Crippen molar-refractivity contribution in [2.24, 2.45) is 11.8 Å². The van der Waals surface area contributed by atoms with E-state index < -0.39 is 18.4 Å². The molecule has 2 N–H and O–H groups in total. The molecule has 0 aromatic carbocycles. The zero-order valence-corrected chi connectivity index (χ0v) is 17.0. The van der Waals surface area contributed by atoms with Gasteiger partial charge in [-0.1, -0.05) is 77.3 Å². The maximum absolute atomic E-state index is 14.1.